The van der Waals surface area contributed by atoms with E-state index in [-0.39, 0.29) is 6.04 Å². The Kier molecular flexibility index (Phi) is 4.76. The molecule has 0 radical (unpaired) electrons. The first-order chi connectivity index (χ1) is 10.7. The van der Waals surface area contributed by atoms with Crippen molar-refractivity contribution < 1.29 is 9.15 Å². The molecule has 1 unspecified atom stereocenters. The Morgan fingerprint density at radius 2 is 2.09 bits per heavy atom. The summed E-state index contributed by atoms with van der Waals surface area (Å²) in [6.45, 7) is 4.06. The zero-order valence-electron chi connectivity index (χ0n) is 12.8. The number of ether oxygens (including phenoxy) is 1. The van der Waals surface area contributed by atoms with Gasteiger partial charge in [-0.2, -0.15) is 0 Å². The first-order valence-corrected chi connectivity index (χ1v) is 7.91. The molecule has 1 atom stereocenters. The Hall–Kier alpha value is -1.43. The zero-order chi connectivity index (χ0) is 15.5. The number of likely N-dealkylation sites (tertiary alicyclic amines) is 1. The van der Waals surface area contributed by atoms with Crippen LogP contribution in [0.3, 0.4) is 0 Å². The lowest BCUT2D eigenvalue weighted by Crippen LogP contribution is -2.38. The van der Waals surface area contributed by atoms with E-state index in [4.69, 9.17) is 20.8 Å². The molecule has 0 amide bonds. The van der Waals surface area contributed by atoms with Crippen molar-refractivity contribution in [3.63, 3.8) is 0 Å². The van der Waals surface area contributed by atoms with Gasteiger partial charge >= 0.3 is 0 Å². The smallest absolute Gasteiger partial charge is 0.247 e. The van der Waals surface area contributed by atoms with E-state index in [1.54, 1.807) is 7.11 Å². The lowest BCUT2D eigenvalue weighted by Gasteiger charge is -2.33. The normalized spacial score (nSPS) is 18.5. The molecule has 1 saturated heterocycles. The number of hydrogen-bond acceptors (Lipinski definition) is 5. The second kappa shape index (κ2) is 6.77. The molecular formula is C16H20ClN3O2. The van der Waals surface area contributed by atoms with E-state index in [0.717, 1.165) is 31.5 Å². The highest BCUT2D eigenvalue weighted by molar-refractivity contribution is 6.30. The van der Waals surface area contributed by atoms with E-state index in [9.17, 15) is 0 Å². The molecule has 118 valence electrons. The van der Waals surface area contributed by atoms with Gasteiger partial charge in [0.15, 0.2) is 0 Å². The lowest BCUT2D eigenvalue weighted by molar-refractivity contribution is 0.0256. The van der Waals surface area contributed by atoms with E-state index in [1.165, 1.54) is 0 Å². The summed E-state index contributed by atoms with van der Waals surface area (Å²) >= 11 is 6.00. The maximum atomic E-state index is 6.00. The second-order valence-corrected chi connectivity index (χ2v) is 6.04. The van der Waals surface area contributed by atoms with Gasteiger partial charge in [-0.15, -0.1) is 10.2 Å². The summed E-state index contributed by atoms with van der Waals surface area (Å²) in [7, 11) is 1.78. The minimum Gasteiger partial charge on any atom is -0.419 e. The van der Waals surface area contributed by atoms with Gasteiger partial charge < -0.3 is 9.15 Å². The third-order valence-electron chi connectivity index (χ3n) is 4.23. The van der Waals surface area contributed by atoms with Crippen molar-refractivity contribution in [2.45, 2.75) is 31.9 Å². The molecule has 0 spiro atoms. The van der Waals surface area contributed by atoms with Crippen LogP contribution in [0.5, 0.6) is 0 Å². The molecule has 3 rings (SSSR count). The van der Waals surface area contributed by atoms with Gasteiger partial charge in [0, 0.05) is 30.8 Å². The molecule has 2 heterocycles. The fourth-order valence-electron chi connectivity index (χ4n) is 2.80. The zero-order valence-corrected chi connectivity index (χ0v) is 13.6. The van der Waals surface area contributed by atoms with Crippen LogP contribution in [0.15, 0.2) is 28.7 Å². The summed E-state index contributed by atoms with van der Waals surface area (Å²) < 4.78 is 11.2. The van der Waals surface area contributed by atoms with Crippen molar-refractivity contribution in [2.24, 2.45) is 0 Å². The maximum absolute atomic E-state index is 6.00. The summed E-state index contributed by atoms with van der Waals surface area (Å²) in [6, 6.07) is 7.55. The van der Waals surface area contributed by atoms with Gasteiger partial charge in [0.05, 0.1) is 12.1 Å². The number of aromatic nitrogens is 2. The molecule has 1 aliphatic rings. The minimum absolute atomic E-state index is 0.109. The molecule has 0 saturated carbocycles. The summed E-state index contributed by atoms with van der Waals surface area (Å²) in [5.41, 5.74) is 0.844. The van der Waals surface area contributed by atoms with Gasteiger partial charge in [0.25, 0.3) is 0 Å². The van der Waals surface area contributed by atoms with Gasteiger partial charge in [0.2, 0.25) is 11.8 Å². The SMILES string of the molecule is COC1CCN(C(C)c2nnc(-c3cccc(Cl)c3)o2)CC1. The number of rotatable bonds is 4. The molecule has 1 fully saturated rings. The first kappa shape index (κ1) is 15.5. The largest absolute Gasteiger partial charge is 0.419 e. The molecule has 1 aromatic heterocycles. The third-order valence-corrected chi connectivity index (χ3v) is 4.46. The molecule has 22 heavy (non-hydrogen) atoms. The Bertz CT molecular complexity index is 623. The van der Waals surface area contributed by atoms with Gasteiger partial charge in [0.1, 0.15) is 0 Å². The quantitative estimate of drug-likeness (QED) is 0.861. The van der Waals surface area contributed by atoms with Crippen molar-refractivity contribution >= 4 is 11.6 Å². The van der Waals surface area contributed by atoms with Crippen LogP contribution in [-0.4, -0.2) is 41.4 Å². The summed E-state index contributed by atoms with van der Waals surface area (Å²) in [5, 5.41) is 9.01. The van der Waals surface area contributed by atoms with Gasteiger partial charge in [-0.1, -0.05) is 17.7 Å². The van der Waals surface area contributed by atoms with Crippen molar-refractivity contribution in [2.75, 3.05) is 20.2 Å². The monoisotopic (exact) mass is 321 g/mol. The Balaban J connectivity index is 1.71. The van der Waals surface area contributed by atoms with Crippen LogP contribution in [0.2, 0.25) is 5.02 Å². The predicted octanol–water partition coefficient (Wildman–Crippen LogP) is 3.56. The van der Waals surface area contributed by atoms with Crippen LogP contribution in [0.1, 0.15) is 31.7 Å². The van der Waals surface area contributed by atoms with Crippen LogP contribution in [-0.2, 0) is 4.74 Å². The maximum Gasteiger partial charge on any atom is 0.247 e. The highest BCUT2D eigenvalue weighted by Gasteiger charge is 2.26. The molecule has 5 nitrogen and oxygen atoms in total. The van der Waals surface area contributed by atoms with E-state index >= 15 is 0 Å². The number of halogens is 1. The van der Waals surface area contributed by atoms with Crippen molar-refractivity contribution in [3.8, 4) is 11.5 Å². The molecular weight excluding hydrogens is 302 g/mol. The first-order valence-electron chi connectivity index (χ1n) is 7.53. The average Bonchev–Trinajstić information content (AvgIpc) is 3.04. The van der Waals surface area contributed by atoms with E-state index in [2.05, 4.69) is 22.0 Å². The minimum atomic E-state index is 0.109. The predicted molar refractivity (Wildman–Crippen MR) is 84.8 cm³/mol. The Labute approximate surface area is 135 Å². The molecule has 0 aliphatic carbocycles. The van der Waals surface area contributed by atoms with Crippen molar-refractivity contribution in [1.29, 1.82) is 0 Å². The highest BCUT2D eigenvalue weighted by Crippen LogP contribution is 2.27. The van der Waals surface area contributed by atoms with Gasteiger partial charge in [-0.25, -0.2) is 0 Å². The third kappa shape index (κ3) is 3.32. The summed E-state index contributed by atoms with van der Waals surface area (Å²) in [4.78, 5) is 2.35. The molecule has 2 aromatic rings. The summed E-state index contributed by atoms with van der Waals surface area (Å²) in [6.07, 6.45) is 2.44. The molecule has 6 heteroatoms. The second-order valence-electron chi connectivity index (χ2n) is 5.60. The Morgan fingerprint density at radius 1 is 1.32 bits per heavy atom. The standard InChI is InChI=1S/C16H20ClN3O2/c1-11(20-8-6-14(21-2)7-9-20)15-18-19-16(22-15)12-4-3-5-13(17)10-12/h3-5,10-11,14H,6-9H2,1-2H3. The van der Waals surface area contributed by atoms with Gasteiger partial charge in [-0.05, 0) is 38.0 Å². The van der Waals surface area contributed by atoms with Crippen LogP contribution in [0.25, 0.3) is 11.5 Å². The fraction of sp³-hybridized carbons (Fsp3) is 0.500. The Morgan fingerprint density at radius 3 is 2.77 bits per heavy atom. The molecule has 1 aliphatic heterocycles. The van der Waals surface area contributed by atoms with Crippen LogP contribution >= 0.6 is 11.6 Å². The number of nitrogens with zero attached hydrogens (tertiary/aromatic N) is 3. The van der Waals surface area contributed by atoms with Crippen molar-refractivity contribution in [1.82, 2.24) is 15.1 Å². The fourth-order valence-corrected chi connectivity index (χ4v) is 2.99. The van der Waals surface area contributed by atoms with E-state index < -0.39 is 0 Å². The molecule has 1 aromatic carbocycles. The highest BCUT2D eigenvalue weighted by atomic mass is 35.5. The topological polar surface area (TPSA) is 51.4 Å². The van der Waals surface area contributed by atoms with E-state index in [1.807, 2.05) is 24.3 Å². The van der Waals surface area contributed by atoms with Crippen LogP contribution < -0.4 is 0 Å². The number of piperidine rings is 1. The van der Waals surface area contributed by atoms with Gasteiger partial charge in [-0.3, -0.25) is 4.90 Å². The lowest BCUT2D eigenvalue weighted by atomic mass is 10.1. The number of methoxy groups -OCH3 is 1. The van der Waals surface area contributed by atoms with Crippen LogP contribution in [0.4, 0.5) is 0 Å². The molecule has 0 bridgehead atoms. The molecule has 0 N–H and O–H groups in total. The summed E-state index contributed by atoms with van der Waals surface area (Å²) in [5.74, 6) is 1.15. The van der Waals surface area contributed by atoms with Crippen LogP contribution in [0, 0.1) is 0 Å². The number of hydrogen-bond donors (Lipinski definition) is 0. The number of benzene rings is 1. The van der Waals surface area contributed by atoms with E-state index in [0.29, 0.717) is 22.9 Å². The van der Waals surface area contributed by atoms with Crippen molar-refractivity contribution in [3.05, 3.63) is 35.2 Å². The average molecular weight is 322 g/mol.